The summed E-state index contributed by atoms with van der Waals surface area (Å²) >= 11 is 5.91. The molecular formula is C17H16ClNO2. The summed E-state index contributed by atoms with van der Waals surface area (Å²) in [6.07, 6.45) is 2.09. The summed E-state index contributed by atoms with van der Waals surface area (Å²) in [6, 6.07) is 13.0. The van der Waals surface area contributed by atoms with Gasteiger partial charge in [0.2, 0.25) is 0 Å². The summed E-state index contributed by atoms with van der Waals surface area (Å²) in [5.74, 6) is -0.302. The molecule has 0 spiro atoms. The molecule has 0 radical (unpaired) electrons. The molecule has 3 rings (SSSR count). The second-order valence-electron chi connectivity index (χ2n) is 5.11. The summed E-state index contributed by atoms with van der Waals surface area (Å²) in [6.45, 7) is 1.22. The first-order chi connectivity index (χ1) is 10.2. The summed E-state index contributed by atoms with van der Waals surface area (Å²) in [4.78, 5) is 12.1. The molecule has 0 amide bonds. The van der Waals surface area contributed by atoms with Crippen molar-refractivity contribution in [1.29, 1.82) is 0 Å². The molecule has 1 aliphatic rings. The zero-order chi connectivity index (χ0) is 14.7. The molecule has 0 aliphatic carbocycles. The normalized spacial score (nSPS) is 13.2. The van der Waals surface area contributed by atoms with Crippen molar-refractivity contribution in [2.24, 2.45) is 0 Å². The van der Waals surface area contributed by atoms with Crippen LogP contribution in [0, 0.1) is 0 Å². The minimum absolute atomic E-state index is 0.231. The third-order valence-electron chi connectivity index (χ3n) is 3.54. The number of anilines is 1. The summed E-state index contributed by atoms with van der Waals surface area (Å²) in [7, 11) is 0. The van der Waals surface area contributed by atoms with Crippen LogP contribution >= 0.6 is 11.6 Å². The van der Waals surface area contributed by atoms with Gasteiger partial charge in [0.25, 0.3) is 0 Å². The van der Waals surface area contributed by atoms with Crippen molar-refractivity contribution in [3.63, 3.8) is 0 Å². The van der Waals surface area contributed by atoms with E-state index < -0.39 is 0 Å². The Labute approximate surface area is 128 Å². The van der Waals surface area contributed by atoms with E-state index in [0.29, 0.717) is 10.6 Å². The van der Waals surface area contributed by atoms with Crippen molar-refractivity contribution in [2.45, 2.75) is 19.4 Å². The van der Waals surface area contributed by atoms with Crippen molar-refractivity contribution in [1.82, 2.24) is 0 Å². The van der Waals surface area contributed by atoms with Gasteiger partial charge in [-0.25, -0.2) is 4.79 Å². The minimum atomic E-state index is -0.302. The number of carbonyl (C=O) groups is 1. The SMILES string of the molecule is O=C(OCc1cccc(Cl)c1)c1ccc2c(c1)CCCN2. The van der Waals surface area contributed by atoms with Gasteiger partial charge >= 0.3 is 5.97 Å². The van der Waals surface area contributed by atoms with Crippen molar-refractivity contribution in [3.05, 3.63) is 64.2 Å². The first kappa shape index (κ1) is 14.0. The standard InChI is InChI=1S/C17H16ClNO2/c18-15-5-1-3-12(9-15)11-21-17(20)14-6-7-16-13(10-14)4-2-8-19-16/h1,3,5-7,9-10,19H,2,4,8,11H2. The van der Waals surface area contributed by atoms with E-state index in [-0.39, 0.29) is 12.6 Å². The maximum atomic E-state index is 12.1. The number of carbonyl (C=O) groups excluding carboxylic acids is 1. The highest BCUT2D eigenvalue weighted by Crippen LogP contribution is 2.23. The van der Waals surface area contributed by atoms with Gasteiger partial charge < -0.3 is 10.1 Å². The van der Waals surface area contributed by atoms with E-state index in [4.69, 9.17) is 16.3 Å². The molecule has 108 valence electrons. The van der Waals surface area contributed by atoms with Gasteiger partial charge in [0.1, 0.15) is 6.61 Å². The van der Waals surface area contributed by atoms with Crippen molar-refractivity contribution in [2.75, 3.05) is 11.9 Å². The molecule has 0 unspecified atom stereocenters. The van der Waals surface area contributed by atoms with Crippen molar-refractivity contribution < 1.29 is 9.53 Å². The van der Waals surface area contributed by atoms with Crippen LogP contribution in [0.4, 0.5) is 5.69 Å². The number of nitrogens with one attached hydrogen (secondary N) is 1. The average Bonchev–Trinajstić information content (AvgIpc) is 2.52. The average molecular weight is 302 g/mol. The van der Waals surface area contributed by atoms with Gasteiger partial charge in [-0.1, -0.05) is 23.7 Å². The lowest BCUT2D eigenvalue weighted by atomic mass is 10.0. The topological polar surface area (TPSA) is 38.3 Å². The number of halogens is 1. The highest BCUT2D eigenvalue weighted by molar-refractivity contribution is 6.30. The Morgan fingerprint density at radius 1 is 1.24 bits per heavy atom. The molecule has 2 aromatic rings. The predicted molar refractivity (Wildman–Crippen MR) is 83.8 cm³/mol. The lowest BCUT2D eigenvalue weighted by Gasteiger charge is -2.18. The fraction of sp³-hybridized carbons (Fsp3) is 0.235. The Morgan fingerprint density at radius 2 is 2.14 bits per heavy atom. The molecule has 0 aromatic heterocycles. The van der Waals surface area contributed by atoms with E-state index in [1.807, 2.05) is 24.3 Å². The number of benzene rings is 2. The summed E-state index contributed by atoms with van der Waals surface area (Å²) in [5, 5.41) is 3.97. The maximum absolute atomic E-state index is 12.1. The Hall–Kier alpha value is -2.00. The van der Waals surface area contributed by atoms with E-state index >= 15 is 0 Å². The molecule has 0 bridgehead atoms. The Kier molecular flexibility index (Phi) is 4.11. The van der Waals surface area contributed by atoms with E-state index in [9.17, 15) is 4.79 Å². The molecule has 0 fully saturated rings. The number of hydrogen-bond acceptors (Lipinski definition) is 3. The monoisotopic (exact) mass is 301 g/mol. The second kappa shape index (κ2) is 6.19. The number of hydrogen-bond donors (Lipinski definition) is 1. The second-order valence-corrected chi connectivity index (χ2v) is 5.54. The lowest BCUT2D eigenvalue weighted by Crippen LogP contribution is -2.13. The smallest absolute Gasteiger partial charge is 0.338 e. The number of esters is 1. The number of aryl methyl sites for hydroxylation is 1. The van der Waals surface area contributed by atoms with E-state index in [1.165, 1.54) is 5.56 Å². The van der Waals surface area contributed by atoms with Gasteiger partial charge in [0.05, 0.1) is 5.56 Å². The number of fused-ring (bicyclic) bond motifs is 1. The van der Waals surface area contributed by atoms with E-state index in [0.717, 1.165) is 30.6 Å². The van der Waals surface area contributed by atoms with Crippen LogP contribution < -0.4 is 5.32 Å². The molecular weight excluding hydrogens is 286 g/mol. The predicted octanol–water partition coefficient (Wildman–Crippen LogP) is 4.06. The Bertz CT molecular complexity index is 670. The largest absolute Gasteiger partial charge is 0.457 e. The minimum Gasteiger partial charge on any atom is -0.457 e. The molecule has 1 heterocycles. The van der Waals surface area contributed by atoms with Crippen LogP contribution in [0.3, 0.4) is 0 Å². The summed E-state index contributed by atoms with van der Waals surface area (Å²) < 4.78 is 5.34. The van der Waals surface area contributed by atoms with Gasteiger partial charge in [0.15, 0.2) is 0 Å². The Balaban J connectivity index is 1.68. The molecule has 0 atom stereocenters. The fourth-order valence-electron chi connectivity index (χ4n) is 2.46. The molecule has 1 aliphatic heterocycles. The van der Waals surface area contributed by atoms with Crippen molar-refractivity contribution >= 4 is 23.3 Å². The first-order valence-corrected chi connectivity index (χ1v) is 7.38. The zero-order valence-corrected chi connectivity index (χ0v) is 12.3. The van der Waals surface area contributed by atoms with Crippen LogP contribution in [0.25, 0.3) is 0 Å². The van der Waals surface area contributed by atoms with E-state index in [2.05, 4.69) is 5.32 Å². The quantitative estimate of drug-likeness (QED) is 0.869. The van der Waals surface area contributed by atoms with Gasteiger partial charge in [0, 0.05) is 17.3 Å². The van der Waals surface area contributed by atoms with Gasteiger partial charge in [-0.2, -0.15) is 0 Å². The van der Waals surface area contributed by atoms with Crippen LogP contribution in [0.2, 0.25) is 5.02 Å². The highest BCUT2D eigenvalue weighted by Gasteiger charge is 2.13. The number of ether oxygens (including phenoxy) is 1. The molecule has 0 saturated carbocycles. The molecule has 1 N–H and O–H groups in total. The maximum Gasteiger partial charge on any atom is 0.338 e. The molecule has 2 aromatic carbocycles. The van der Waals surface area contributed by atoms with Gasteiger partial charge in [-0.05, 0) is 54.3 Å². The fourth-order valence-corrected chi connectivity index (χ4v) is 2.67. The van der Waals surface area contributed by atoms with Gasteiger partial charge in [-0.15, -0.1) is 0 Å². The first-order valence-electron chi connectivity index (χ1n) is 7.01. The molecule has 4 heteroatoms. The number of rotatable bonds is 3. The molecule has 3 nitrogen and oxygen atoms in total. The zero-order valence-electron chi connectivity index (χ0n) is 11.6. The molecule has 0 saturated heterocycles. The third kappa shape index (κ3) is 3.37. The van der Waals surface area contributed by atoms with Gasteiger partial charge in [-0.3, -0.25) is 0 Å². The van der Waals surface area contributed by atoms with E-state index in [1.54, 1.807) is 18.2 Å². The van der Waals surface area contributed by atoms with Crippen LogP contribution in [-0.4, -0.2) is 12.5 Å². The van der Waals surface area contributed by atoms with Crippen molar-refractivity contribution in [3.8, 4) is 0 Å². The Morgan fingerprint density at radius 3 is 3.00 bits per heavy atom. The van der Waals surface area contributed by atoms with Crippen LogP contribution in [0.15, 0.2) is 42.5 Å². The van der Waals surface area contributed by atoms with Crippen LogP contribution in [0.5, 0.6) is 0 Å². The summed E-state index contributed by atoms with van der Waals surface area (Å²) in [5.41, 5.74) is 3.78. The third-order valence-corrected chi connectivity index (χ3v) is 3.77. The lowest BCUT2D eigenvalue weighted by molar-refractivity contribution is 0.0472. The van der Waals surface area contributed by atoms with Crippen LogP contribution in [-0.2, 0) is 17.8 Å². The highest BCUT2D eigenvalue weighted by atomic mass is 35.5. The van der Waals surface area contributed by atoms with Crippen LogP contribution in [0.1, 0.15) is 27.9 Å². The molecule has 21 heavy (non-hydrogen) atoms.